The maximum absolute atomic E-state index is 6.01. The van der Waals surface area contributed by atoms with Crippen molar-refractivity contribution in [2.75, 3.05) is 18.0 Å². The van der Waals surface area contributed by atoms with Gasteiger partial charge in [0.1, 0.15) is 23.4 Å². The van der Waals surface area contributed by atoms with Gasteiger partial charge in [-0.25, -0.2) is 14.5 Å². The van der Waals surface area contributed by atoms with Gasteiger partial charge in [-0.3, -0.25) is 9.67 Å². The smallest absolute Gasteiger partial charge is 0.158 e. The highest BCUT2D eigenvalue weighted by Crippen LogP contribution is 2.36. The monoisotopic (exact) mass is 380 g/mol. The van der Waals surface area contributed by atoms with Crippen molar-refractivity contribution in [3.63, 3.8) is 0 Å². The number of halogens is 1. The van der Waals surface area contributed by atoms with Crippen LogP contribution in [-0.4, -0.2) is 47.4 Å². The number of hydrogen-bond acceptors (Lipinski definition) is 6. The van der Waals surface area contributed by atoms with Gasteiger partial charge >= 0.3 is 0 Å². The molecule has 136 valence electrons. The Labute approximate surface area is 160 Å². The summed E-state index contributed by atoms with van der Waals surface area (Å²) in [5.41, 5.74) is 4.28. The highest BCUT2D eigenvalue weighted by Gasteiger charge is 2.26. The first-order valence-corrected chi connectivity index (χ1v) is 9.11. The van der Waals surface area contributed by atoms with E-state index >= 15 is 0 Å². The van der Waals surface area contributed by atoms with Crippen LogP contribution >= 0.6 is 11.6 Å². The van der Waals surface area contributed by atoms with E-state index in [1.807, 2.05) is 36.8 Å². The third-order valence-corrected chi connectivity index (χ3v) is 5.12. The predicted octanol–water partition coefficient (Wildman–Crippen LogP) is 2.76. The minimum absolute atomic E-state index is 0.597. The number of nitrogens with zero attached hydrogens (tertiary/aromatic N) is 8. The first-order chi connectivity index (χ1) is 13.1. The highest BCUT2D eigenvalue weighted by molar-refractivity contribution is 6.30. The maximum atomic E-state index is 6.01. The topological polar surface area (TPSA) is 77.0 Å². The lowest BCUT2D eigenvalue weighted by Crippen LogP contribution is -2.38. The van der Waals surface area contributed by atoms with Gasteiger partial charge in [-0.05, 0) is 25.5 Å². The molecule has 0 saturated carbocycles. The molecule has 27 heavy (non-hydrogen) atoms. The minimum atomic E-state index is 0.597. The van der Waals surface area contributed by atoms with Crippen LogP contribution < -0.4 is 4.90 Å². The predicted molar refractivity (Wildman–Crippen MR) is 103 cm³/mol. The fraction of sp³-hybridized carbons (Fsp3) is 0.278. The molecule has 1 aliphatic heterocycles. The number of pyridine rings is 1. The summed E-state index contributed by atoms with van der Waals surface area (Å²) in [4.78, 5) is 16.1. The second-order valence-corrected chi connectivity index (χ2v) is 7.02. The quantitative estimate of drug-likeness (QED) is 0.544. The van der Waals surface area contributed by atoms with Crippen LogP contribution in [0.25, 0.3) is 28.2 Å². The van der Waals surface area contributed by atoms with E-state index < -0.39 is 0 Å². The van der Waals surface area contributed by atoms with Gasteiger partial charge in [-0.1, -0.05) is 11.6 Å². The fourth-order valence-electron chi connectivity index (χ4n) is 3.44. The molecule has 1 aliphatic rings. The Bertz CT molecular complexity index is 1140. The van der Waals surface area contributed by atoms with E-state index in [2.05, 4.69) is 25.1 Å². The van der Waals surface area contributed by atoms with Crippen molar-refractivity contribution in [1.82, 2.24) is 34.3 Å². The number of anilines is 1. The average molecular weight is 381 g/mol. The summed E-state index contributed by atoms with van der Waals surface area (Å²) < 4.78 is 3.65. The Morgan fingerprint density at radius 3 is 2.63 bits per heavy atom. The summed E-state index contributed by atoms with van der Waals surface area (Å²) in [6.45, 7) is 3.93. The zero-order chi connectivity index (χ0) is 18.5. The van der Waals surface area contributed by atoms with Gasteiger partial charge in [0.15, 0.2) is 5.82 Å². The fourth-order valence-corrected chi connectivity index (χ4v) is 3.55. The summed E-state index contributed by atoms with van der Waals surface area (Å²) in [7, 11) is 1.90. The Morgan fingerprint density at radius 2 is 1.93 bits per heavy atom. The molecule has 0 atom stereocenters. The molecule has 1 saturated heterocycles. The second-order valence-electron chi connectivity index (χ2n) is 6.58. The third kappa shape index (κ3) is 2.48. The van der Waals surface area contributed by atoms with E-state index in [1.165, 1.54) is 6.42 Å². The van der Waals surface area contributed by atoms with Gasteiger partial charge in [-0.15, -0.1) is 0 Å². The number of rotatable bonds is 3. The van der Waals surface area contributed by atoms with Gasteiger partial charge in [0.25, 0.3) is 0 Å². The number of imidazole rings is 1. The minimum Gasteiger partial charge on any atom is -0.355 e. The Morgan fingerprint density at radius 1 is 1.07 bits per heavy atom. The summed E-state index contributed by atoms with van der Waals surface area (Å²) in [5.74, 6) is 1.72. The number of aryl methyl sites for hydroxylation is 2. The van der Waals surface area contributed by atoms with Crippen molar-refractivity contribution in [3.05, 3.63) is 41.7 Å². The number of hydrogen-bond donors (Lipinski definition) is 0. The summed E-state index contributed by atoms with van der Waals surface area (Å²) in [5, 5.41) is 9.46. The molecule has 0 amide bonds. The van der Waals surface area contributed by atoms with Crippen LogP contribution in [0.1, 0.15) is 12.2 Å². The lowest BCUT2D eigenvalue weighted by atomic mass is 10.1. The van der Waals surface area contributed by atoms with E-state index in [1.54, 1.807) is 17.2 Å². The van der Waals surface area contributed by atoms with Gasteiger partial charge in [0.2, 0.25) is 0 Å². The van der Waals surface area contributed by atoms with Crippen LogP contribution in [0.2, 0.25) is 5.02 Å². The Kier molecular flexibility index (Phi) is 3.61. The molecule has 0 bridgehead atoms. The molecule has 0 radical (unpaired) electrons. The molecule has 8 nitrogen and oxygen atoms in total. The zero-order valence-electron chi connectivity index (χ0n) is 15.0. The third-order valence-electron chi connectivity index (χ3n) is 4.89. The van der Waals surface area contributed by atoms with E-state index in [0.717, 1.165) is 52.9 Å². The highest BCUT2D eigenvalue weighted by atomic mass is 35.5. The molecule has 0 N–H and O–H groups in total. The largest absolute Gasteiger partial charge is 0.355 e. The SMILES string of the molecule is Cc1nc(-c2cnn(C)c2-c2ccc(Cl)cn2)c2c(N3CCC3)ncnn12. The van der Waals surface area contributed by atoms with E-state index in [9.17, 15) is 0 Å². The van der Waals surface area contributed by atoms with Gasteiger partial charge in [0, 0.05) is 26.3 Å². The van der Waals surface area contributed by atoms with Crippen LogP contribution in [0.4, 0.5) is 5.82 Å². The molecular weight excluding hydrogens is 364 g/mol. The second kappa shape index (κ2) is 6.02. The maximum Gasteiger partial charge on any atom is 0.158 e. The number of fused-ring (bicyclic) bond motifs is 1. The van der Waals surface area contributed by atoms with E-state index in [0.29, 0.717) is 5.02 Å². The molecule has 0 unspecified atom stereocenters. The molecule has 0 aliphatic carbocycles. The molecule has 5 rings (SSSR count). The summed E-state index contributed by atoms with van der Waals surface area (Å²) in [6.07, 6.45) is 6.22. The van der Waals surface area contributed by atoms with Crippen molar-refractivity contribution >= 4 is 22.9 Å². The molecule has 4 aromatic rings. The van der Waals surface area contributed by atoms with Crippen LogP contribution in [0.15, 0.2) is 30.9 Å². The van der Waals surface area contributed by atoms with Gasteiger partial charge < -0.3 is 4.90 Å². The molecule has 4 aromatic heterocycles. The van der Waals surface area contributed by atoms with Crippen molar-refractivity contribution in [2.24, 2.45) is 7.05 Å². The molecule has 1 fully saturated rings. The first kappa shape index (κ1) is 16.2. The number of aromatic nitrogens is 7. The molecule has 0 spiro atoms. The molecule has 9 heteroatoms. The van der Waals surface area contributed by atoms with Crippen LogP contribution in [0.3, 0.4) is 0 Å². The lowest BCUT2D eigenvalue weighted by Gasteiger charge is -2.32. The average Bonchev–Trinajstić information content (AvgIpc) is 3.16. The van der Waals surface area contributed by atoms with Crippen LogP contribution in [-0.2, 0) is 7.05 Å². The standard InChI is InChI=1S/C18H17ClN8/c1-11-24-15(17-18(26-6-3-7-26)21-10-23-27(11)17)13-9-22-25(2)16(13)14-5-4-12(19)8-20-14/h4-5,8-10H,3,6-7H2,1-2H3. The van der Waals surface area contributed by atoms with Gasteiger partial charge in [-0.2, -0.15) is 10.2 Å². The summed E-state index contributed by atoms with van der Waals surface area (Å²) >= 11 is 6.01. The van der Waals surface area contributed by atoms with Crippen molar-refractivity contribution in [2.45, 2.75) is 13.3 Å². The van der Waals surface area contributed by atoms with Crippen LogP contribution in [0, 0.1) is 6.92 Å². The van der Waals surface area contributed by atoms with E-state index in [4.69, 9.17) is 16.6 Å². The molecular formula is C18H17ClN8. The zero-order valence-corrected chi connectivity index (χ0v) is 15.7. The normalized spacial score (nSPS) is 14.0. The van der Waals surface area contributed by atoms with E-state index in [-0.39, 0.29) is 0 Å². The summed E-state index contributed by atoms with van der Waals surface area (Å²) in [6, 6.07) is 3.71. The van der Waals surface area contributed by atoms with Gasteiger partial charge in [0.05, 0.1) is 28.2 Å². The van der Waals surface area contributed by atoms with Crippen molar-refractivity contribution < 1.29 is 0 Å². The Balaban J connectivity index is 1.77. The van der Waals surface area contributed by atoms with Crippen molar-refractivity contribution in [3.8, 4) is 22.6 Å². The molecule has 5 heterocycles. The van der Waals surface area contributed by atoms with Crippen LogP contribution in [0.5, 0.6) is 0 Å². The lowest BCUT2D eigenvalue weighted by molar-refractivity contribution is 0.608. The molecule has 0 aromatic carbocycles. The van der Waals surface area contributed by atoms with Crippen molar-refractivity contribution in [1.29, 1.82) is 0 Å². The first-order valence-electron chi connectivity index (χ1n) is 8.73. The Hall–Kier alpha value is -3.00.